The molecule has 0 atom stereocenters. The van der Waals surface area contributed by atoms with Crippen LogP contribution in [0.4, 0.5) is 4.79 Å². The number of ether oxygens (including phenoxy) is 2. The molecule has 0 spiro atoms. The fraction of sp³-hybridized carbons (Fsp3) is 0.778. The molecule has 6 nitrogen and oxygen atoms in total. The number of alkyl carbamates (subject to hydrolysis) is 1. The Balaban J connectivity index is 3.44. The number of carbonyl (C=O) groups is 2. The summed E-state index contributed by atoms with van der Waals surface area (Å²) in [5.41, 5.74) is -0.550. The number of carboxylic acid groups (broad SMARTS) is 1. The fourth-order valence-electron chi connectivity index (χ4n) is 0.656. The first-order valence-corrected chi connectivity index (χ1v) is 4.57. The van der Waals surface area contributed by atoms with E-state index >= 15 is 0 Å². The second kappa shape index (κ2) is 6.23. The van der Waals surface area contributed by atoms with Crippen LogP contribution in [0.15, 0.2) is 0 Å². The van der Waals surface area contributed by atoms with E-state index in [2.05, 4.69) is 5.32 Å². The van der Waals surface area contributed by atoms with Crippen LogP contribution >= 0.6 is 0 Å². The summed E-state index contributed by atoms with van der Waals surface area (Å²) in [7, 11) is 0. The zero-order chi connectivity index (χ0) is 11.9. The Morgan fingerprint density at radius 2 is 1.93 bits per heavy atom. The van der Waals surface area contributed by atoms with Crippen LogP contribution in [0.2, 0.25) is 0 Å². The van der Waals surface area contributed by atoms with Crippen LogP contribution in [0.3, 0.4) is 0 Å². The van der Waals surface area contributed by atoms with Crippen LogP contribution in [-0.2, 0) is 14.3 Å². The topological polar surface area (TPSA) is 84.9 Å². The van der Waals surface area contributed by atoms with E-state index < -0.39 is 17.7 Å². The first kappa shape index (κ1) is 13.7. The van der Waals surface area contributed by atoms with Crippen molar-refractivity contribution in [2.24, 2.45) is 0 Å². The van der Waals surface area contributed by atoms with E-state index in [-0.39, 0.29) is 19.8 Å². The van der Waals surface area contributed by atoms with Crippen LogP contribution < -0.4 is 5.32 Å². The maximum Gasteiger partial charge on any atom is 0.409 e. The Morgan fingerprint density at radius 3 is 2.40 bits per heavy atom. The molecule has 0 aliphatic heterocycles. The minimum atomic E-state index is -0.938. The standard InChI is InChI=1S/C9H17NO5/c1-9(2,3)15-8(13)10-6-14-5-4-7(11)12/h4-6H2,1-3H3,(H,10,13)(H,11,12). The molecule has 0 aromatic carbocycles. The Kier molecular flexibility index (Phi) is 5.69. The van der Waals surface area contributed by atoms with Crippen LogP contribution in [0.5, 0.6) is 0 Å². The minimum Gasteiger partial charge on any atom is -0.481 e. The number of hydrogen-bond donors (Lipinski definition) is 2. The van der Waals surface area contributed by atoms with Gasteiger partial charge in [-0.25, -0.2) is 4.79 Å². The number of aliphatic carboxylic acids is 1. The van der Waals surface area contributed by atoms with Crippen LogP contribution in [0, 0.1) is 0 Å². The van der Waals surface area contributed by atoms with Crippen molar-refractivity contribution in [3.8, 4) is 0 Å². The average Bonchev–Trinajstić information content (AvgIpc) is 1.99. The summed E-state index contributed by atoms with van der Waals surface area (Å²) >= 11 is 0. The van der Waals surface area contributed by atoms with Gasteiger partial charge in [0.15, 0.2) is 0 Å². The number of carboxylic acids is 1. The third kappa shape index (κ3) is 10.6. The molecule has 0 aromatic heterocycles. The van der Waals surface area contributed by atoms with E-state index in [4.69, 9.17) is 14.6 Å². The Bertz CT molecular complexity index is 221. The van der Waals surface area contributed by atoms with E-state index in [1.165, 1.54) is 0 Å². The van der Waals surface area contributed by atoms with Crippen molar-refractivity contribution in [3.05, 3.63) is 0 Å². The highest BCUT2D eigenvalue weighted by molar-refractivity contribution is 5.67. The molecule has 0 bridgehead atoms. The summed E-state index contributed by atoms with van der Waals surface area (Å²) in [6, 6.07) is 0. The highest BCUT2D eigenvalue weighted by Gasteiger charge is 2.15. The van der Waals surface area contributed by atoms with Gasteiger partial charge in [-0.1, -0.05) is 0 Å². The molecule has 0 radical (unpaired) electrons. The van der Waals surface area contributed by atoms with Crippen molar-refractivity contribution in [1.82, 2.24) is 5.32 Å². The molecule has 88 valence electrons. The van der Waals surface area contributed by atoms with Gasteiger partial charge in [0, 0.05) is 0 Å². The number of amides is 1. The minimum absolute atomic E-state index is 0.0534. The third-order valence-corrected chi connectivity index (χ3v) is 1.18. The van der Waals surface area contributed by atoms with Crippen LogP contribution in [0.1, 0.15) is 27.2 Å². The second-order valence-corrected chi connectivity index (χ2v) is 3.87. The van der Waals surface area contributed by atoms with Gasteiger partial charge < -0.3 is 14.6 Å². The predicted octanol–water partition coefficient (Wildman–Crippen LogP) is 0.960. The van der Waals surface area contributed by atoms with Gasteiger partial charge in [-0.15, -0.1) is 0 Å². The molecule has 2 N–H and O–H groups in total. The van der Waals surface area contributed by atoms with Crippen molar-refractivity contribution in [2.75, 3.05) is 13.3 Å². The Morgan fingerprint density at radius 1 is 1.33 bits per heavy atom. The largest absolute Gasteiger partial charge is 0.481 e. The van der Waals surface area contributed by atoms with Crippen molar-refractivity contribution in [2.45, 2.75) is 32.8 Å². The molecular formula is C9H17NO5. The second-order valence-electron chi connectivity index (χ2n) is 3.87. The van der Waals surface area contributed by atoms with Gasteiger partial charge in [-0.3, -0.25) is 10.1 Å². The van der Waals surface area contributed by atoms with Gasteiger partial charge in [0.1, 0.15) is 12.3 Å². The van der Waals surface area contributed by atoms with Gasteiger partial charge in [-0.2, -0.15) is 0 Å². The van der Waals surface area contributed by atoms with Gasteiger partial charge >= 0.3 is 12.1 Å². The third-order valence-electron chi connectivity index (χ3n) is 1.18. The molecule has 0 aromatic rings. The molecule has 0 saturated heterocycles. The van der Waals surface area contributed by atoms with E-state index in [1.807, 2.05) is 0 Å². The molecule has 6 heteroatoms. The number of hydrogen-bond acceptors (Lipinski definition) is 4. The summed E-state index contributed by atoms with van der Waals surface area (Å²) in [5.74, 6) is -0.938. The molecule has 0 saturated carbocycles. The Labute approximate surface area is 88.6 Å². The SMILES string of the molecule is CC(C)(C)OC(=O)NCOCCC(=O)O. The van der Waals surface area contributed by atoms with E-state index in [1.54, 1.807) is 20.8 Å². The maximum atomic E-state index is 11.0. The lowest BCUT2D eigenvalue weighted by atomic mass is 10.2. The van der Waals surface area contributed by atoms with E-state index in [0.717, 1.165) is 0 Å². The van der Waals surface area contributed by atoms with E-state index in [9.17, 15) is 9.59 Å². The van der Waals surface area contributed by atoms with Crippen molar-refractivity contribution >= 4 is 12.1 Å². The lowest BCUT2D eigenvalue weighted by Crippen LogP contribution is -2.33. The zero-order valence-electron chi connectivity index (χ0n) is 9.20. The number of nitrogens with one attached hydrogen (secondary N) is 1. The molecule has 0 heterocycles. The summed E-state index contributed by atoms with van der Waals surface area (Å²) < 4.78 is 9.76. The molecule has 0 rings (SSSR count). The van der Waals surface area contributed by atoms with Crippen LogP contribution in [-0.4, -0.2) is 36.1 Å². The maximum absolute atomic E-state index is 11.0. The fourth-order valence-corrected chi connectivity index (χ4v) is 0.656. The number of rotatable bonds is 5. The summed E-state index contributed by atoms with van der Waals surface area (Å²) in [4.78, 5) is 21.1. The van der Waals surface area contributed by atoms with Crippen LogP contribution in [0.25, 0.3) is 0 Å². The highest BCUT2D eigenvalue weighted by atomic mass is 16.6. The van der Waals surface area contributed by atoms with Crippen molar-refractivity contribution in [3.63, 3.8) is 0 Å². The first-order chi connectivity index (χ1) is 6.81. The summed E-state index contributed by atoms with van der Waals surface area (Å²) in [6.07, 6.45) is -0.673. The average molecular weight is 219 g/mol. The van der Waals surface area contributed by atoms with Gasteiger partial charge in [0.2, 0.25) is 0 Å². The lowest BCUT2D eigenvalue weighted by molar-refractivity contribution is -0.138. The number of carbonyl (C=O) groups excluding carboxylic acids is 1. The molecule has 0 unspecified atom stereocenters. The zero-order valence-corrected chi connectivity index (χ0v) is 9.20. The van der Waals surface area contributed by atoms with Gasteiger partial charge in [0.25, 0.3) is 0 Å². The molecule has 0 fully saturated rings. The van der Waals surface area contributed by atoms with Crippen molar-refractivity contribution in [1.29, 1.82) is 0 Å². The summed E-state index contributed by atoms with van der Waals surface area (Å²) in [6.45, 7) is 5.25. The van der Waals surface area contributed by atoms with Gasteiger partial charge in [-0.05, 0) is 20.8 Å². The van der Waals surface area contributed by atoms with Crippen molar-refractivity contribution < 1.29 is 24.2 Å². The molecule has 15 heavy (non-hydrogen) atoms. The van der Waals surface area contributed by atoms with E-state index in [0.29, 0.717) is 0 Å². The molecule has 0 aliphatic carbocycles. The quantitative estimate of drug-likeness (QED) is 0.531. The molecule has 1 amide bonds. The summed E-state index contributed by atoms with van der Waals surface area (Å²) in [5, 5.41) is 10.6. The monoisotopic (exact) mass is 219 g/mol. The molecule has 0 aliphatic rings. The van der Waals surface area contributed by atoms with Gasteiger partial charge in [0.05, 0.1) is 13.0 Å². The Hall–Kier alpha value is -1.30. The first-order valence-electron chi connectivity index (χ1n) is 4.57. The molecular weight excluding hydrogens is 202 g/mol. The lowest BCUT2D eigenvalue weighted by Gasteiger charge is -2.19. The highest BCUT2D eigenvalue weighted by Crippen LogP contribution is 2.05. The normalized spacial score (nSPS) is 10.9. The smallest absolute Gasteiger partial charge is 0.409 e. The predicted molar refractivity (Wildman–Crippen MR) is 52.4 cm³/mol.